The summed E-state index contributed by atoms with van der Waals surface area (Å²) in [6.07, 6.45) is 4.47. The lowest BCUT2D eigenvalue weighted by Crippen LogP contribution is -2.08. The third-order valence-corrected chi connectivity index (χ3v) is 3.30. The second-order valence-corrected chi connectivity index (χ2v) is 4.68. The Kier molecular flexibility index (Phi) is 3.91. The molecule has 0 radical (unpaired) electrons. The van der Waals surface area contributed by atoms with Crippen LogP contribution < -0.4 is 10.6 Å². The summed E-state index contributed by atoms with van der Waals surface area (Å²) in [6.45, 7) is 0.801. The van der Waals surface area contributed by atoms with Crippen LogP contribution in [-0.2, 0) is 6.42 Å². The normalized spacial score (nSPS) is 10.5. The maximum atomic E-state index is 4.47. The largest absolute Gasteiger partial charge is 0.370 e. The molecular formula is C16H17N5. The first-order chi connectivity index (χ1) is 10.4. The molecule has 0 saturated carbocycles. The fourth-order valence-corrected chi connectivity index (χ4v) is 2.27. The highest BCUT2D eigenvalue weighted by Gasteiger charge is 2.02. The van der Waals surface area contributed by atoms with E-state index in [1.807, 2.05) is 18.3 Å². The number of hydrogen-bond acceptors (Lipinski definition) is 5. The van der Waals surface area contributed by atoms with Crippen molar-refractivity contribution in [1.29, 1.82) is 0 Å². The fourth-order valence-electron chi connectivity index (χ4n) is 2.27. The molecule has 2 N–H and O–H groups in total. The topological polar surface area (TPSA) is 62.7 Å². The molecule has 0 atom stereocenters. The monoisotopic (exact) mass is 279 g/mol. The maximum Gasteiger partial charge on any atom is 0.224 e. The molecule has 3 rings (SSSR count). The Morgan fingerprint density at radius 2 is 1.90 bits per heavy atom. The van der Waals surface area contributed by atoms with Crippen LogP contribution in [0.15, 0.2) is 48.8 Å². The number of aromatic nitrogens is 3. The van der Waals surface area contributed by atoms with Crippen LogP contribution in [-0.4, -0.2) is 28.5 Å². The van der Waals surface area contributed by atoms with Crippen molar-refractivity contribution in [2.75, 3.05) is 24.2 Å². The molecule has 106 valence electrons. The first kappa shape index (κ1) is 13.3. The minimum atomic E-state index is 0.617. The number of benzene rings is 1. The quantitative estimate of drug-likeness (QED) is 0.752. The van der Waals surface area contributed by atoms with E-state index in [9.17, 15) is 0 Å². The second kappa shape index (κ2) is 6.17. The van der Waals surface area contributed by atoms with Gasteiger partial charge in [-0.3, -0.25) is 4.98 Å². The highest BCUT2D eigenvalue weighted by atomic mass is 15.1. The zero-order valence-corrected chi connectivity index (χ0v) is 11.9. The van der Waals surface area contributed by atoms with Gasteiger partial charge in [0.2, 0.25) is 5.95 Å². The van der Waals surface area contributed by atoms with E-state index in [2.05, 4.69) is 49.9 Å². The van der Waals surface area contributed by atoms with Crippen LogP contribution in [0, 0.1) is 0 Å². The van der Waals surface area contributed by atoms with E-state index in [4.69, 9.17) is 0 Å². The molecule has 0 unspecified atom stereocenters. The average Bonchev–Trinajstić information content (AvgIpc) is 2.55. The van der Waals surface area contributed by atoms with Crippen LogP contribution >= 0.6 is 0 Å². The summed E-state index contributed by atoms with van der Waals surface area (Å²) in [5.74, 6) is 1.44. The molecule has 5 nitrogen and oxygen atoms in total. The molecule has 0 amide bonds. The number of anilines is 2. The van der Waals surface area contributed by atoms with E-state index in [1.165, 1.54) is 10.9 Å². The van der Waals surface area contributed by atoms with Crippen molar-refractivity contribution in [3.63, 3.8) is 0 Å². The molecule has 21 heavy (non-hydrogen) atoms. The maximum absolute atomic E-state index is 4.47. The number of fused-ring (bicyclic) bond motifs is 1. The molecule has 0 aliphatic carbocycles. The predicted molar refractivity (Wildman–Crippen MR) is 85.5 cm³/mol. The standard InChI is InChI=1S/C16H17N5/c1-17-16-20-11-8-14(21-16)18-10-7-13-5-2-4-12-6-3-9-19-15(12)13/h2-6,8-9,11H,7,10H2,1H3,(H2,17,18,20,21). The van der Waals surface area contributed by atoms with Crippen molar-refractivity contribution >= 4 is 22.7 Å². The molecule has 1 aromatic carbocycles. The lowest BCUT2D eigenvalue weighted by atomic mass is 10.1. The Balaban J connectivity index is 1.69. The van der Waals surface area contributed by atoms with Gasteiger partial charge in [-0.05, 0) is 24.1 Å². The van der Waals surface area contributed by atoms with Crippen LogP contribution in [0.25, 0.3) is 10.9 Å². The lowest BCUT2D eigenvalue weighted by Gasteiger charge is -2.08. The van der Waals surface area contributed by atoms with Gasteiger partial charge in [-0.1, -0.05) is 24.3 Å². The molecule has 0 aliphatic heterocycles. The van der Waals surface area contributed by atoms with E-state index in [1.54, 1.807) is 13.2 Å². The van der Waals surface area contributed by atoms with E-state index in [-0.39, 0.29) is 0 Å². The van der Waals surface area contributed by atoms with Gasteiger partial charge in [0, 0.05) is 31.4 Å². The average molecular weight is 279 g/mol. The SMILES string of the molecule is CNc1nccc(NCCc2cccc3cccnc23)n1. The lowest BCUT2D eigenvalue weighted by molar-refractivity contribution is 1.00. The van der Waals surface area contributed by atoms with E-state index < -0.39 is 0 Å². The van der Waals surface area contributed by atoms with Crippen LogP contribution in [0.1, 0.15) is 5.56 Å². The molecule has 0 bridgehead atoms. The van der Waals surface area contributed by atoms with E-state index >= 15 is 0 Å². The zero-order chi connectivity index (χ0) is 14.5. The van der Waals surface area contributed by atoms with Gasteiger partial charge >= 0.3 is 0 Å². The summed E-state index contributed by atoms with van der Waals surface area (Å²) in [5.41, 5.74) is 2.31. The van der Waals surface area contributed by atoms with Gasteiger partial charge in [0.15, 0.2) is 0 Å². The summed E-state index contributed by atoms with van der Waals surface area (Å²) in [6, 6.07) is 12.2. The molecule has 0 aliphatic rings. The van der Waals surface area contributed by atoms with Crippen molar-refractivity contribution in [2.45, 2.75) is 6.42 Å². The van der Waals surface area contributed by atoms with Gasteiger partial charge in [0.05, 0.1) is 5.52 Å². The summed E-state index contributed by atoms with van der Waals surface area (Å²) < 4.78 is 0. The highest BCUT2D eigenvalue weighted by Crippen LogP contribution is 2.16. The third-order valence-electron chi connectivity index (χ3n) is 3.30. The van der Waals surface area contributed by atoms with Gasteiger partial charge in [-0.25, -0.2) is 4.98 Å². The minimum absolute atomic E-state index is 0.617. The molecular weight excluding hydrogens is 262 g/mol. The Bertz CT molecular complexity index is 736. The Labute approximate surface area is 123 Å². The molecule has 0 fully saturated rings. The van der Waals surface area contributed by atoms with Crippen molar-refractivity contribution in [2.24, 2.45) is 0 Å². The Morgan fingerprint density at radius 1 is 1.00 bits per heavy atom. The Hall–Kier alpha value is -2.69. The summed E-state index contributed by atoms with van der Waals surface area (Å²) in [7, 11) is 1.81. The number of rotatable bonds is 5. The van der Waals surface area contributed by atoms with Crippen LogP contribution in [0.5, 0.6) is 0 Å². The number of nitrogens with zero attached hydrogens (tertiary/aromatic N) is 3. The van der Waals surface area contributed by atoms with Crippen molar-refractivity contribution in [3.05, 3.63) is 54.4 Å². The van der Waals surface area contributed by atoms with Gasteiger partial charge in [-0.2, -0.15) is 4.98 Å². The predicted octanol–water partition coefficient (Wildman–Crippen LogP) is 2.72. The van der Waals surface area contributed by atoms with Crippen molar-refractivity contribution in [3.8, 4) is 0 Å². The molecule has 2 heterocycles. The minimum Gasteiger partial charge on any atom is -0.370 e. The summed E-state index contributed by atoms with van der Waals surface area (Å²) in [5, 5.41) is 7.42. The second-order valence-electron chi connectivity index (χ2n) is 4.68. The molecule has 0 spiro atoms. The highest BCUT2D eigenvalue weighted by molar-refractivity contribution is 5.81. The summed E-state index contributed by atoms with van der Waals surface area (Å²) >= 11 is 0. The number of nitrogens with one attached hydrogen (secondary N) is 2. The smallest absolute Gasteiger partial charge is 0.224 e. The van der Waals surface area contributed by atoms with Gasteiger partial charge in [0.1, 0.15) is 5.82 Å². The number of hydrogen-bond donors (Lipinski definition) is 2. The molecule has 2 aromatic heterocycles. The molecule has 0 saturated heterocycles. The third kappa shape index (κ3) is 3.08. The van der Waals surface area contributed by atoms with Gasteiger partial charge < -0.3 is 10.6 Å². The Morgan fingerprint density at radius 3 is 2.81 bits per heavy atom. The number of para-hydroxylation sites is 1. The van der Waals surface area contributed by atoms with Gasteiger partial charge in [-0.15, -0.1) is 0 Å². The fraction of sp³-hybridized carbons (Fsp3) is 0.188. The summed E-state index contributed by atoms with van der Waals surface area (Å²) in [4.78, 5) is 12.9. The molecule has 3 aromatic rings. The van der Waals surface area contributed by atoms with E-state index in [0.717, 1.165) is 24.3 Å². The van der Waals surface area contributed by atoms with Crippen LogP contribution in [0.2, 0.25) is 0 Å². The van der Waals surface area contributed by atoms with Crippen LogP contribution in [0.4, 0.5) is 11.8 Å². The van der Waals surface area contributed by atoms with Gasteiger partial charge in [0.25, 0.3) is 0 Å². The first-order valence-corrected chi connectivity index (χ1v) is 6.94. The first-order valence-electron chi connectivity index (χ1n) is 6.94. The van der Waals surface area contributed by atoms with Crippen molar-refractivity contribution in [1.82, 2.24) is 15.0 Å². The molecule has 5 heteroatoms. The zero-order valence-electron chi connectivity index (χ0n) is 11.9. The van der Waals surface area contributed by atoms with Crippen molar-refractivity contribution < 1.29 is 0 Å². The van der Waals surface area contributed by atoms with E-state index in [0.29, 0.717) is 5.95 Å². The number of pyridine rings is 1. The van der Waals surface area contributed by atoms with Crippen LogP contribution in [0.3, 0.4) is 0 Å².